The van der Waals surface area contributed by atoms with Crippen LogP contribution in [0.1, 0.15) is 18.4 Å². The van der Waals surface area contributed by atoms with E-state index in [4.69, 9.17) is 10.5 Å². The molecule has 4 heteroatoms. The molecule has 2 N–H and O–H groups in total. The van der Waals surface area contributed by atoms with Crippen LogP contribution in [-0.2, 0) is 10.5 Å². The van der Waals surface area contributed by atoms with Gasteiger partial charge in [-0.15, -0.1) is 0 Å². The average Bonchev–Trinajstić information content (AvgIpc) is 2.76. The second-order valence-corrected chi connectivity index (χ2v) is 5.04. The lowest BCUT2D eigenvalue weighted by molar-refractivity contribution is 0.129. The largest absolute Gasteiger partial charge is 0.396 e. The highest BCUT2D eigenvalue weighted by Crippen LogP contribution is 2.21. The first kappa shape index (κ1) is 11.7. The van der Waals surface area contributed by atoms with E-state index in [1.807, 2.05) is 6.07 Å². The number of hydrogen-bond donors (Lipinski definition) is 1. The second-order valence-electron chi connectivity index (χ2n) is 4.01. The molecule has 0 amide bonds. The minimum atomic E-state index is -0.324. The zero-order valence-corrected chi connectivity index (χ0v) is 9.93. The third-order valence-corrected chi connectivity index (χ3v) is 3.81. The van der Waals surface area contributed by atoms with Crippen LogP contribution >= 0.6 is 11.8 Å². The number of nitrogens with two attached hydrogens (primary N) is 1. The Kier molecular flexibility index (Phi) is 4.07. The number of benzene rings is 1. The van der Waals surface area contributed by atoms with Gasteiger partial charge in [-0.25, -0.2) is 4.39 Å². The molecular weight excluding hydrogens is 225 g/mol. The summed E-state index contributed by atoms with van der Waals surface area (Å²) in [4.78, 5) is 0. The van der Waals surface area contributed by atoms with Gasteiger partial charge in [-0.1, -0.05) is 6.07 Å². The highest BCUT2D eigenvalue weighted by Gasteiger charge is 2.14. The first-order valence-corrected chi connectivity index (χ1v) is 6.64. The standard InChI is InChI=1S/C12H16FNOS/c13-11-6-9(3-4-12(11)14)7-16-8-10-2-1-5-15-10/h3-4,6,10H,1-2,5,7-8,14H2. The maximum atomic E-state index is 13.1. The monoisotopic (exact) mass is 241 g/mol. The normalized spacial score (nSPS) is 20.2. The third-order valence-electron chi connectivity index (χ3n) is 2.66. The van der Waals surface area contributed by atoms with Crippen LogP contribution in [0.15, 0.2) is 18.2 Å². The Morgan fingerprint density at radius 1 is 1.50 bits per heavy atom. The summed E-state index contributed by atoms with van der Waals surface area (Å²) in [6, 6.07) is 5.01. The molecule has 0 bridgehead atoms. The summed E-state index contributed by atoms with van der Waals surface area (Å²) >= 11 is 1.79. The third kappa shape index (κ3) is 3.12. The number of rotatable bonds is 4. The molecule has 1 atom stereocenters. The Morgan fingerprint density at radius 3 is 3.06 bits per heavy atom. The van der Waals surface area contributed by atoms with Crippen molar-refractivity contribution in [3.8, 4) is 0 Å². The molecule has 0 aliphatic carbocycles. The molecule has 0 spiro atoms. The Labute approximate surface area is 99.4 Å². The highest BCUT2D eigenvalue weighted by atomic mass is 32.2. The fourth-order valence-corrected chi connectivity index (χ4v) is 2.80. The van der Waals surface area contributed by atoms with Crippen LogP contribution in [0.25, 0.3) is 0 Å². The molecular formula is C12H16FNOS. The van der Waals surface area contributed by atoms with E-state index in [1.165, 1.54) is 12.5 Å². The molecule has 2 nitrogen and oxygen atoms in total. The number of thioether (sulfide) groups is 1. The van der Waals surface area contributed by atoms with E-state index < -0.39 is 0 Å². The predicted molar refractivity (Wildman–Crippen MR) is 65.9 cm³/mol. The fraction of sp³-hybridized carbons (Fsp3) is 0.500. The van der Waals surface area contributed by atoms with Crippen molar-refractivity contribution in [3.63, 3.8) is 0 Å². The summed E-state index contributed by atoms with van der Waals surface area (Å²) in [6.07, 6.45) is 2.72. The van der Waals surface area contributed by atoms with Gasteiger partial charge in [0.05, 0.1) is 11.8 Å². The van der Waals surface area contributed by atoms with Crippen molar-refractivity contribution < 1.29 is 9.13 Å². The van der Waals surface area contributed by atoms with Crippen LogP contribution in [0.3, 0.4) is 0 Å². The number of nitrogen functional groups attached to an aromatic ring is 1. The Hall–Kier alpha value is -0.740. The molecule has 0 saturated carbocycles. The number of hydrogen-bond acceptors (Lipinski definition) is 3. The van der Waals surface area contributed by atoms with Gasteiger partial charge in [0.25, 0.3) is 0 Å². The fourth-order valence-electron chi connectivity index (χ4n) is 1.74. The number of ether oxygens (including phenoxy) is 1. The van der Waals surface area contributed by atoms with Crippen LogP contribution in [0, 0.1) is 5.82 Å². The second kappa shape index (κ2) is 5.55. The number of halogens is 1. The minimum absolute atomic E-state index is 0.216. The maximum Gasteiger partial charge on any atom is 0.146 e. The van der Waals surface area contributed by atoms with Crippen molar-refractivity contribution in [1.29, 1.82) is 0 Å². The van der Waals surface area contributed by atoms with Gasteiger partial charge in [0.2, 0.25) is 0 Å². The summed E-state index contributed by atoms with van der Waals surface area (Å²) in [5, 5.41) is 0. The predicted octanol–water partition coefficient (Wildman–Crippen LogP) is 2.82. The molecule has 1 aliphatic rings. The Morgan fingerprint density at radius 2 is 2.38 bits per heavy atom. The number of anilines is 1. The van der Waals surface area contributed by atoms with E-state index in [2.05, 4.69) is 0 Å². The van der Waals surface area contributed by atoms with Crippen LogP contribution in [0.2, 0.25) is 0 Å². The molecule has 88 valence electrons. The highest BCUT2D eigenvalue weighted by molar-refractivity contribution is 7.98. The Balaban J connectivity index is 1.78. The van der Waals surface area contributed by atoms with E-state index in [-0.39, 0.29) is 11.5 Å². The molecule has 1 aromatic carbocycles. The lowest BCUT2D eigenvalue weighted by atomic mass is 10.2. The smallest absolute Gasteiger partial charge is 0.146 e. The topological polar surface area (TPSA) is 35.2 Å². The van der Waals surface area contributed by atoms with E-state index in [1.54, 1.807) is 17.8 Å². The van der Waals surface area contributed by atoms with Crippen LogP contribution in [0.4, 0.5) is 10.1 Å². The van der Waals surface area contributed by atoms with Gasteiger partial charge in [0.1, 0.15) is 5.82 Å². The lowest BCUT2D eigenvalue weighted by Crippen LogP contribution is -2.08. The van der Waals surface area contributed by atoms with Gasteiger partial charge in [-0.3, -0.25) is 0 Å². The first-order valence-electron chi connectivity index (χ1n) is 5.49. The molecule has 1 fully saturated rings. The van der Waals surface area contributed by atoms with E-state index in [0.29, 0.717) is 6.10 Å². The summed E-state index contributed by atoms with van der Waals surface area (Å²) in [6.45, 7) is 0.891. The van der Waals surface area contributed by atoms with Crippen LogP contribution in [-0.4, -0.2) is 18.5 Å². The molecule has 1 aliphatic heterocycles. The molecule has 2 rings (SSSR count). The van der Waals surface area contributed by atoms with Crippen molar-refractivity contribution in [1.82, 2.24) is 0 Å². The van der Waals surface area contributed by atoms with Gasteiger partial charge in [0.15, 0.2) is 0 Å². The van der Waals surface area contributed by atoms with E-state index in [0.717, 1.165) is 30.1 Å². The molecule has 1 heterocycles. The van der Waals surface area contributed by atoms with E-state index >= 15 is 0 Å². The molecule has 0 radical (unpaired) electrons. The van der Waals surface area contributed by atoms with Crippen molar-refractivity contribution in [2.24, 2.45) is 0 Å². The van der Waals surface area contributed by atoms with Crippen LogP contribution in [0.5, 0.6) is 0 Å². The van der Waals surface area contributed by atoms with Crippen molar-refractivity contribution >= 4 is 17.4 Å². The summed E-state index contributed by atoms with van der Waals surface area (Å²) in [5.74, 6) is 1.48. The van der Waals surface area contributed by atoms with Gasteiger partial charge in [-0.05, 0) is 30.5 Å². The van der Waals surface area contributed by atoms with Gasteiger partial charge < -0.3 is 10.5 Å². The van der Waals surface area contributed by atoms with Gasteiger partial charge >= 0.3 is 0 Å². The van der Waals surface area contributed by atoms with Gasteiger partial charge in [-0.2, -0.15) is 11.8 Å². The first-order chi connectivity index (χ1) is 7.75. The quantitative estimate of drug-likeness (QED) is 0.823. The lowest BCUT2D eigenvalue weighted by Gasteiger charge is -2.08. The van der Waals surface area contributed by atoms with Crippen LogP contribution < -0.4 is 5.73 Å². The SMILES string of the molecule is Nc1ccc(CSCC2CCCO2)cc1F. The van der Waals surface area contributed by atoms with Crippen molar-refractivity contribution in [3.05, 3.63) is 29.6 Å². The van der Waals surface area contributed by atoms with E-state index in [9.17, 15) is 4.39 Å². The summed E-state index contributed by atoms with van der Waals surface area (Å²) in [5.41, 5.74) is 6.61. The van der Waals surface area contributed by atoms with Crippen molar-refractivity contribution in [2.45, 2.75) is 24.7 Å². The van der Waals surface area contributed by atoms with Gasteiger partial charge in [0, 0.05) is 18.1 Å². The molecule has 16 heavy (non-hydrogen) atoms. The molecule has 1 saturated heterocycles. The average molecular weight is 241 g/mol. The zero-order chi connectivity index (χ0) is 11.4. The maximum absolute atomic E-state index is 13.1. The molecule has 0 aromatic heterocycles. The summed E-state index contributed by atoms with van der Waals surface area (Å²) in [7, 11) is 0. The molecule has 1 unspecified atom stereocenters. The molecule has 1 aromatic rings. The summed E-state index contributed by atoms with van der Waals surface area (Å²) < 4.78 is 18.7. The van der Waals surface area contributed by atoms with Crippen molar-refractivity contribution in [2.75, 3.05) is 18.1 Å². The zero-order valence-electron chi connectivity index (χ0n) is 9.12. The Bertz CT molecular complexity index is 353. The minimum Gasteiger partial charge on any atom is -0.396 e.